The van der Waals surface area contributed by atoms with Crippen molar-refractivity contribution < 1.29 is 31.9 Å². The molecule has 3 amide bonds. The maximum Gasteiger partial charge on any atom is 0.471 e. The third-order valence-electron chi connectivity index (χ3n) is 7.46. The van der Waals surface area contributed by atoms with Crippen LogP contribution in [0.2, 0.25) is 5.02 Å². The quantitative estimate of drug-likeness (QED) is 0.394. The minimum atomic E-state index is -5.00. The lowest BCUT2D eigenvalue weighted by Crippen LogP contribution is -2.63. The van der Waals surface area contributed by atoms with E-state index in [4.69, 9.17) is 17.3 Å². The Labute approximate surface area is 254 Å². The maximum absolute atomic E-state index is 13.8. The molecule has 13 heteroatoms. The second kappa shape index (κ2) is 14.0. The van der Waals surface area contributed by atoms with E-state index in [1.807, 2.05) is 11.8 Å². The number of nitrogens with one attached hydrogen (secondary N) is 1. The Bertz CT molecular complexity index is 1270. The molecule has 0 spiro atoms. The predicted octanol–water partition coefficient (Wildman–Crippen LogP) is 3.41. The van der Waals surface area contributed by atoms with Crippen LogP contribution in [-0.2, 0) is 27.2 Å². The van der Waals surface area contributed by atoms with Crippen molar-refractivity contribution in [2.45, 2.75) is 63.5 Å². The number of nitrogens with zero attached hydrogens (tertiary/aromatic N) is 3. The minimum absolute atomic E-state index is 0.109. The SMILES string of the molecule is CC1CN(C(Cc2ccc(Cl)cc2)CN(C)C(=O)C(F)(F)F)CCN1C(=O)C(Cc1ccc(F)cc1)NC(=O)C(C)(C)N. The van der Waals surface area contributed by atoms with Gasteiger partial charge in [-0.3, -0.25) is 19.3 Å². The number of carbonyl (C=O) groups is 3. The molecule has 1 fully saturated rings. The average molecular weight is 628 g/mol. The highest BCUT2D eigenvalue weighted by atomic mass is 35.5. The molecule has 8 nitrogen and oxygen atoms in total. The summed E-state index contributed by atoms with van der Waals surface area (Å²) in [5.74, 6) is -3.25. The van der Waals surface area contributed by atoms with Crippen LogP contribution >= 0.6 is 11.6 Å². The summed E-state index contributed by atoms with van der Waals surface area (Å²) in [4.78, 5) is 42.8. The molecule has 0 bridgehead atoms. The van der Waals surface area contributed by atoms with Crippen LogP contribution in [0, 0.1) is 5.82 Å². The van der Waals surface area contributed by atoms with Crippen LogP contribution in [0.15, 0.2) is 48.5 Å². The molecule has 3 unspecified atom stereocenters. The topological polar surface area (TPSA) is 99.0 Å². The van der Waals surface area contributed by atoms with Crippen LogP contribution in [0.3, 0.4) is 0 Å². The van der Waals surface area contributed by atoms with Gasteiger partial charge in [0.05, 0.1) is 5.54 Å². The molecule has 43 heavy (non-hydrogen) atoms. The van der Waals surface area contributed by atoms with Gasteiger partial charge in [0, 0.05) is 56.8 Å². The molecule has 1 saturated heterocycles. The van der Waals surface area contributed by atoms with Gasteiger partial charge in [-0.05, 0) is 62.6 Å². The van der Waals surface area contributed by atoms with Gasteiger partial charge in [0.2, 0.25) is 11.8 Å². The predicted molar refractivity (Wildman–Crippen MR) is 156 cm³/mol. The summed E-state index contributed by atoms with van der Waals surface area (Å²) in [6, 6.07) is 10.7. The number of likely N-dealkylation sites (N-methyl/N-ethyl adjacent to an activating group) is 1. The lowest BCUT2D eigenvalue weighted by molar-refractivity contribution is -0.184. The third kappa shape index (κ3) is 9.64. The van der Waals surface area contributed by atoms with E-state index >= 15 is 0 Å². The van der Waals surface area contributed by atoms with E-state index in [9.17, 15) is 31.9 Å². The van der Waals surface area contributed by atoms with Crippen LogP contribution in [0.25, 0.3) is 0 Å². The van der Waals surface area contributed by atoms with E-state index in [1.54, 1.807) is 29.2 Å². The molecule has 1 aliphatic rings. The molecule has 0 aromatic heterocycles. The van der Waals surface area contributed by atoms with Gasteiger partial charge in [-0.1, -0.05) is 35.9 Å². The van der Waals surface area contributed by atoms with Gasteiger partial charge in [0.25, 0.3) is 0 Å². The Morgan fingerprint density at radius 3 is 2.12 bits per heavy atom. The number of rotatable bonds is 10. The molecule has 1 heterocycles. The van der Waals surface area contributed by atoms with Crippen molar-refractivity contribution in [1.82, 2.24) is 20.0 Å². The van der Waals surface area contributed by atoms with E-state index in [2.05, 4.69) is 5.32 Å². The van der Waals surface area contributed by atoms with Crippen molar-refractivity contribution in [2.75, 3.05) is 33.2 Å². The first-order valence-electron chi connectivity index (χ1n) is 13.9. The first kappa shape index (κ1) is 34.3. The summed E-state index contributed by atoms with van der Waals surface area (Å²) in [5, 5.41) is 3.26. The molecular weight excluding hydrogens is 590 g/mol. The molecule has 0 aliphatic carbocycles. The zero-order chi connectivity index (χ0) is 32.1. The number of benzene rings is 2. The fourth-order valence-electron chi connectivity index (χ4n) is 5.06. The lowest BCUT2D eigenvalue weighted by Gasteiger charge is -2.45. The number of carbonyl (C=O) groups excluding carboxylic acids is 3. The highest BCUT2D eigenvalue weighted by molar-refractivity contribution is 6.30. The Morgan fingerprint density at radius 2 is 1.58 bits per heavy atom. The molecule has 2 aromatic rings. The number of alkyl halides is 3. The van der Waals surface area contributed by atoms with Crippen molar-refractivity contribution >= 4 is 29.3 Å². The minimum Gasteiger partial charge on any atom is -0.342 e. The van der Waals surface area contributed by atoms with Crippen LogP contribution in [-0.4, -0.2) is 95.5 Å². The van der Waals surface area contributed by atoms with Crippen molar-refractivity contribution in [2.24, 2.45) is 5.73 Å². The molecule has 2 aromatic carbocycles. The Balaban J connectivity index is 1.80. The van der Waals surface area contributed by atoms with Crippen molar-refractivity contribution in [3.8, 4) is 0 Å². The second-order valence-corrected chi connectivity index (χ2v) is 12.1. The summed E-state index contributed by atoms with van der Waals surface area (Å²) >= 11 is 6.00. The highest BCUT2D eigenvalue weighted by Gasteiger charge is 2.43. The van der Waals surface area contributed by atoms with Gasteiger partial charge in [0.1, 0.15) is 11.9 Å². The monoisotopic (exact) mass is 627 g/mol. The lowest BCUT2D eigenvalue weighted by atomic mass is 9.99. The Kier molecular flexibility index (Phi) is 11.2. The molecule has 236 valence electrons. The first-order valence-corrected chi connectivity index (χ1v) is 14.3. The number of amides is 3. The number of piperazine rings is 1. The Hall–Kier alpha value is -3.22. The van der Waals surface area contributed by atoms with Gasteiger partial charge in [-0.25, -0.2) is 4.39 Å². The zero-order valence-electron chi connectivity index (χ0n) is 24.6. The van der Waals surface area contributed by atoms with Gasteiger partial charge >= 0.3 is 12.1 Å². The van der Waals surface area contributed by atoms with Crippen LogP contribution in [0.1, 0.15) is 31.9 Å². The molecule has 3 rings (SSSR count). The van der Waals surface area contributed by atoms with Crippen LogP contribution in [0.5, 0.6) is 0 Å². The largest absolute Gasteiger partial charge is 0.471 e. The second-order valence-electron chi connectivity index (χ2n) is 11.6. The number of hydrogen-bond acceptors (Lipinski definition) is 5. The molecule has 0 radical (unpaired) electrons. The fourth-order valence-corrected chi connectivity index (χ4v) is 5.19. The summed E-state index contributed by atoms with van der Waals surface area (Å²) in [7, 11) is 1.12. The molecule has 3 atom stereocenters. The van der Waals surface area contributed by atoms with E-state index in [0.717, 1.165) is 12.6 Å². The summed E-state index contributed by atoms with van der Waals surface area (Å²) in [6.45, 7) is 5.54. The zero-order valence-corrected chi connectivity index (χ0v) is 25.4. The molecule has 0 saturated carbocycles. The number of nitrogens with two attached hydrogens (primary N) is 1. The smallest absolute Gasteiger partial charge is 0.342 e. The number of hydrogen-bond donors (Lipinski definition) is 2. The van der Waals surface area contributed by atoms with Gasteiger partial charge in [-0.2, -0.15) is 13.2 Å². The Morgan fingerprint density at radius 1 is 1.02 bits per heavy atom. The van der Waals surface area contributed by atoms with Crippen LogP contribution in [0.4, 0.5) is 17.6 Å². The summed E-state index contributed by atoms with van der Waals surface area (Å²) in [5.41, 5.74) is 6.18. The number of halogens is 5. The van der Waals surface area contributed by atoms with Crippen LogP contribution < -0.4 is 11.1 Å². The van der Waals surface area contributed by atoms with E-state index in [-0.39, 0.29) is 31.5 Å². The van der Waals surface area contributed by atoms with E-state index in [1.165, 1.54) is 38.1 Å². The van der Waals surface area contributed by atoms with Gasteiger partial charge in [-0.15, -0.1) is 0 Å². The third-order valence-corrected chi connectivity index (χ3v) is 7.71. The van der Waals surface area contributed by atoms with Gasteiger partial charge < -0.3 is 20.9 Å². The van der Waals surface area contributed by atoms with Crippen molar-refractivity contribution in [1.29, 1.82) is 0 Å². The fraction of sp³-hybridized carbons (Fsp3) is 0.500. The molecular formula is C30H38ClF4N5O3. The highest BCUT2D eigenvalue weighted by Crippen LogP contribution is 2.22. The van der Waals surface area contributed by atoms with Gasteiger partial charge in [0.15, 0.2) is 0 Å². The van der Waals surface area contributed by atoms with E-state index in [0.29, 0.717) is 35.0 Å². The summed E-state index contributed by atoms with van der Waals surface area (Å²) < 4.78 is 53.0. The average Bonchev–Trinajstić information content (AvgIpc) is 2.92. The van der Waals surface area contributed by atoms with E-state index < -0.39 is 41.4 Å². The molecule has 3 N–H and O–H groups in total. The van der Waals surface area contributed by atoms with Crippen molar-refractivity contribution in [3.63, 3.8) is 0 Å². The van der Waals surface area contributed by atoms with Crippen molar-refractivity contribution in [3.05, 3.63) is 70.5 Å². The summed E-state index contributed by atoms with van der Waals surface area (Å²) in [6.07, 6.45) is -4.54. The normalized spacial score (nSPS) is 17.7. The first-order chi connectivity index (χ1) is 20.0. The molecule has 1 aliphatic heterocycles. The standard InChI is InChI=1S/C30H38ClF4N5O3/c1-19-17-39(24(15-20-5-9-22(31)10-6-20)18-38(4)28(43)30(33,34)35)13-14-40(19)26(41)25(37-27(42)29(2,3)36)16-21-7-11-23(32)12-8-21/h5-12,19,24-25H,13-18,36H2,1-4H3,(H,37,42). The maximum atomic E-state index is 13.8.